The molecule has 0 bridgehead atoms. The van der Waals surface area contributed by atoms with E-state index in [9.17, 15) is 61.1 Å². The molecule has 1 saturated heterocycles. The molecular formula is C33H34ClF6N5O8. The molecule has 4 N–H and O–H groups in total. The second kappa shape index (κ2) is 17.2. The average molecular weight is 778 g/mol. The molecular weight excluding hydrogens is 744 g/mol. The van der Waals surface area contributed by atoms with Crippen LogP contribution in [0.1, 0.15) is 35.3 Å². The molecule has 0 atom stereocenters. The first-order valence-electron chi connectivity index (χ1n) is 15.5. The van der Waals surface area contributed by atoms with Gasteiger partial charge in [-0.1, -0.05) is 24.3 Å². The number of nitro groups is 1. The molecule has 53 heavy (non-hydrogen) atoms. The molecule has 13 nitrogen and oxygen atoms in total. The van der Waals surface area contributed by atoms with Crippen molar-refractivity contribution >= 4 is 40.3 Å². The molecule has 20 heteroatoms. The van der Waals surface area contributed by atoms with Crippen molar-refractivity contribution in [2.45, 2.75) is 43.9 Å². The van der Waals surface area contributed by atoms with E-state index < -0.39 is 45.5 Å². The van der Waals surface area contributed by atoms with Crippen LogP contribution in [0, 0.1) is 10.1 Å². The highest BCUT2D eigenvalue weighted by Crippen LogP contribution is 2.50. The molecule has 4 rings (SSSR count). The lowest BCUT2D eigenvalue weighted by atomic mass is 9.91. The maximum Gasteiger partial charge on any atom is 0.430 e. The second-order valence-electron chi connectivity index (χ2n) is 12.3. The van der Waals surface area contributed by atoms with Gasteiger partial charge in [-0.2, -0.15) is 26.3 Å². The summed E-state index contributed by atoms with van der Waals surface area (Å²) in [6.45, 7) is 4.91. The summed E-state index contributed by atoms with van der Waals surface area (Å²) in [5, 5.41) is 34.5. The Labute approximate surface area is 303 Å². The lowest BCUT2D eigenvalue weighted by molar-refractivity contribution is -0.384. The monoisotopic (exact) mass is 777 g/mol. The van der Waals surface area contributed by atoms with E-state index in [1.165, 1.54) is 24.3 Å². The van der Waals surface area contributed by atoms with Crippen molar-refractivity contribution in [3.05, 3.63) is 99.6 Å². The number of nitrogens with zero attached hydrogens (tertiary/aromatic N) is 3. The minimum atomic E-state index is -5.95. The van der Waals surface area contributed by atoms with Crippen LogP contribution in [0.4, 0.5) is 47.3 Å². The van der Waals surface area contributed by atoms with E-state index in [1.54, 1.807) is 43.0 Å². The largest absolute Gasteiger partial charge is 0.430 e. The number of aliphatic hydroxyl groups is 2. The number of halogens is 7. The Morgan fingerprint density at radius 3 is 1.83 bits per heavy atom. The highest BCUT2D eigenvalue weighted by atomic mass is 35.5. The molecule has 0 aromatic heterocycles. The third kappa shape index (κ3) is 12.0. The molecule has 3 aromatic rings. The molecule has 1 fully saturated rings. The van der Waals surface area contributed by atoms with Gasteiger partial charge in [0.2, 0.25) is 0 Å². The number of alkyl halides is 6. The molecule has 0 unspecified atom stereocenters. The fourth-order valence-corrected chi connectivity index (χ4v) is 4.87. The molecule has 0 saturated carbocycles. The fourth-order valence-electron chi connectivity index (χ4n) is 4.79. The van der Waals surface area contributed by atoms with Crippen LogP contribution in [0.5, 0.6) is 5.75 Å². The number of hydrogen-bond acceptors (Lipinski definition) is 9. The summed E-state index contributed by atoms with van der Waals surface area (Å²) in [5.74, 6) is -0.0637. The molecule has 3 amide bonds. The SMILES string of the molecule is CC(C)(O)CNC(=O)Nc1ccc(C(=O)N2CCN(Cc3ccc(C(O)(C(F)(F)F)C(F)(F)F)cc3)CC2)cc1.O=C(Cl)Oc1ccc([N+](=O)[O-])cc1. The van der Waals surface area contributed by atoms with E-state index in [4.69, 9.17) is 11.6 Å². The van der Waals surface area contributed by atoms with Gasteiger partial charge >= 0.3 is 23.8 Å². The summed E-state index contributed by atoms with van der Waals surface area (Å²) in [6, 6.07) is 14.2. The Balaban J connectivity index is 0.000000489. The van der Waals surface area contributed by atoms with E-state index in [0.717, 1.165) is 12.1 Å². The zero-order valence-corrected chi connectivity index (χ0v) is 28.8. The number of hydrogen-bond donors (Lipinski definition) is 4. The van der Waals surface area contributed by atoms with Crippen molar-refractivity contribution in [3.8, 4) is 5.75 Å². The number of non-ortho nitro benzene ring substituents is 1. The minimum absolute atomic E-state index is 0.0478. The van der Waals surface area contributed by atoms with E-state index in [-0.39, 0.29) is 30.4 Å². The highest BCUT2D eigenvalue weighted by Gasteiger charge is 2.71. The average Bonchev–Trinajstić information content (AvgIpc) is 3.07. The van der Waals surface area contributed by atoms with Crippen LogP contribution in [0.3, 0.4) is 0 Å². The number of ether oxygens (including phenoxy) is 1. The van der Waals surface area contributed by atoms with Gasteiger partial charge in [0.15, 0.2) is 0 Å². The topological polar surface area (TPSA) is 175 Å². The van der Waals surface area contributed by atoms with Crippen LogP contribution in [0.25, 0.3) is 0 Å². The Bertz CT molecular complexity index is 1710. The predicted octanol–water partition coefficient (Wildman–Crippen LogP) is 6.18. The molecule has 3 aromatic carbocycles. The van der Waals surface area contributed by atoms with Crippen molar-refractivity contribution < 1.29 is 60.6 Å². The lowest BCUT2D eigenvalue weighted by Crippen LogP contribution is -2.53. The van der Waals surface area contributed by atoms with Crippen molar-refractivity contribution in [2.24, 2.45) is 0 Å². The number of benzene rings is 3. The summed E-state index contributed by atoms with van der Waals surface area (Å²) >= 11 is 4.92. The van der Waals surface area contributed by atoms with E-state index in [2.05, 4.69) is 15.4 Å². The molecule has 0 aliphatic carbocycles. The number of nitro benzene ring substituents is 1. The Morgan fingerprint density at radius 2 is 1.38 bits per heavy atom. The first-order valence-corrected chi connectivity index (χ1v) is 15.8. The first kappa shape index (κ1) is 42.4. The maximum atomic E-state index is 13.1. The summed E-state index contributed by atoms with van der Waals surface area (Å²) in [5.41, 5.74) is -7.11. The smallest absolute Gasteiger partial charge is 0.414 e. The van der Waals surface area contributed by atoms with Gasteiger partial charge in [0, 0.05) is 79.8 Å². The van der Waals surface area contributed by atoms with Gasteiger partial charge in [-0.3, -0.25) is 19.8 Å². The van der Waals surface area contributed by atoms with Crippen LogP contribution in [-0.4, -0.2) is 93.0 Å². The predicted molar refractivity (Wildman–Crippen MR) is 178 cm³/mol. The number of carbonyl (C=O) groups excluding carboxylic acids is 3. The van der Waals surface area contributed by atoms with Gasteiger partial charge < -0.3 is 30.5 Å². The van der Waals surface area contributed by atoms with Gasteiger partial charge in [-0.05, 0) is 55.8 Å². The lowest BCUT2D eigenvalue weighted by Gasteiger charge is -2.35. The summed E-state index contributed by atoms with van der Waals surface area (Å²) in [4.78, 5) is 48.2. The van der Waals surface area contributed by atoms with Crippen LogP contribution in [0.15, 0.2) is 72.8 Å². The maximum absolute atomic E-state index is 13.1. The van der Waals surface area contributed by atoms with E-state index in [0.29, 0.717) is 55.1 Å². The number of piperazine rings is 1. The second-order valence-corrected chi connectivity index (χ2v) is 12.6. The Kier molecular flexibility index (Phi) is 13.8. The van der Waals surface area contributed by atoms with E-state index >= 15 is 0 Å². The summed E-state index contributed by atoms with van der Waals surface area (Å²) < 4.78 is 82.9. The molecule has 0 radical (unpaired) electrons. The number of nitrogens with one attached hydrogen (secondary N) is 2. The first-order chi connectivity index (χ1) is 24.5. The zero-order chi connectivity index (χ0) is 39.8. The number of urea groups is 1. The summed E-state index contributed by atoms with van der Waals surface area (Å²) in [6.07, 6.45) is -11.9. The van der Waals surface area contributed by atoms with Crippen molar-refractivity contribution in [3.63, 3.8) is 0 Å². The third-order valence-electron chi connectivity index (χ3n) is 7.57. The van der Waals surface area contributed by atoms with Crippen molar-refractivity contribution in [1.82, 2.24) is 15.1 Å². The van der Waals surface area contributed by atoms with Crippen molar-refractivity contribution in [2.75, 3.05) is 38.0 Å². The van der Waals surface area contributed by atoms with E-state index in [1.807, 2.05) is 4.90 Å². The molecule has 1 aliphatic heterocycles. The van der Waals surface area contributed by atoms with Crippen molar-refractivity contribution in [1.29, 1.82) is 0 Å². The van der Waals surface area contributed by atoms with Gasteiger partial charge in [0.25, 0.3) is 17.2 Å². The van der Waals surface area contributed by atoms with Crippen LogP contribution < -0.4 is 15.4 Å². The number of anilines is 1. The highest BCUT2D eigenvalue weighted by molar-refractivity contribution is 6.61. The molecule has 288 valence electrons. The standard InChI is InChI=1S/C26H30F6N4O4.C7H4ClNO4/c1-23(2,39)16-33-22(38)34-20-9-5-18(6-10-20)21(37)36-13-11-35(12-14-36)15-17-3-7-19(8-4-17)24(40,25(27,28)29)26(30,31)32;8-7(10)13-6-3-1-5(2-4-6)9(11)12/h3-10,39-40H,11-16H2,1-2H3,(H2,33,34,38);1-4H. The number of amides is 3. The van der Waals surface area contributed by atoms with Gasteiger partial charge in [-0.15, -0.1) is 0 Å². The fraction of sp³-hybridized carbons (Fsp3) is 0.364. The molecule has 1 aliphatic rings. The normalized spacial score (nSPS) is 14.1. The summed E-state index contributed by atoms with van der Waals surface area (Å²) in [7, 11) is 0. The minimum Gasteiger partial charge on any atom is -0.414 e. The zero-order valence-electron chi connectivity index (χ0n) is 28.0. The Morgan fingerprint density at radius 1 is 0.849 bits per heavy atom. The van der Waals surface area contributed by atoms with Crippen LogP contribution >= 0.6 is 11.6 Å². The third-order valence-corrected chi connectivity index (χ3v) is 7.65. The Hall–Kier alpha value is -4.98. The quantitative estimate of drug-likeness (QED) is 0.0856. The van der Waals surface area contributed by atoms with Gasteiger partial charge in [0.1, 0.15) is 5.75 Å². The molecule has 0 spiro atoms. The van der Waals surface area contributed by atoms with Gasteiger partial charge in [-0.25, -0.2) is 9.59 Å². The van der Waals surface area contributed by atoms with Crippen LogP contribution in [0.2, 0.25) is 0 Å². The van der Waals surface area contributed by atoms with Crippen LogP contribution in [-0.2, 0) is 12.1 Å². The van der Waals surface area contributed by atoms with Gasteiger partial charge in [0.05, 0.1) is 10.5 Å². The number of rotatable bonds is 9. The number of carbonyl (C=O) groups is 3. The molecule has 1 heterocycles.